The molecule has 0 aliphatic carbocycles. The summed E-state index contributed by atoms with van der Waals surface area (Å²) in [5, 5.41) is 0. The summed E-state index contributed by atoms with van der Waals surface area (Å²) in [5.74, 6) is 0.400. The van der Waals surface area contributed by atoms with Crippen LogP contribution in [0.2, 0.25) is 0 Å². The fourth-order valence-corrected chi connectivity index (χ4v) is 1.09. The van der Waals surface area contributed by atoms with E-state index in [1.54, 1.807) is 24.3 Å². The van der Waals surface area contributed by atoms with Crippen molar-refractivity contribution in [1.29, 1.82) is 0 Å². The maximum Gasteiger partial charge on any atom is 0.311 e. The summed E-state index contributed by atoms with van der Waals surface area (Å²) in [7, 11) is 0. The Hall–Kier alpha value is -2.30. The summed E-state index contributed by atoms with van der Waals surface area (Å²) in [6, 6.07) is 6.91. The second-order valence-electron chi connectivity index (χ2n) is 2.86. The Kier molecular flexibility index (Phi) is 2.37. The standard InChI is InChI=1S/C10H9N3O2/c11-7-3-1-2-4-8(7)15-10-9(14)12-5-6-13-10/h1-6H,11H2,(H,12,14). The van der Waals surface area contributed by atoms with Crippen molar-refractivity contribution >= 4 is 5.69 Å². The number of nitrogens with zero attached hydrogens (tertiary/aromatic N) is 1. The van der Waals surface area contributed by atoms with Crippen molar-refractivity contribution in [2.24, 2.45) is 0 Å². The number of benzene rings is 1. The van der Waals surface area contributed by atoms with Crippen LogP contribution >= 0.6 is 0 Å². The molecule has 5 nitrogen and oxygen atoms in total. The van der Waals surface area contributed by atoms with E-state index in [2.05, 4.69) is 9.97 Å². The number of aromatic amines is 1. The summed E-state index contributed by atoms with van der Waals surface area (Å²) in [4.78, 5) is 17.5. The summed E-state index contributed by atoms with van der Waals surface area (Å²) < 4.78 is 5.26. The number of hydrogen-bond acceptors (Lipinski definition) is 4. The minimum atomic E-state index is -0.388. The second-order valence-corrected chi connectivity index (χ2v) is 2.86. The Bertz CT molecular complexity index is 522. The Labute approximate surface area is 85.5 Å². The number of rotatable bonds is 2. The molecule has 0 fully saturated rings. The van der Waals surface area contributed by atoms with Gasteiger partial charge in [0.1, 0.15) is 0 Å². The first-order valence-corrected chi connectivity index (χ1v) is 4.33. The number of ether oxygens (including phenoxy) is 1. The molecule has 0 aliphatic heterocycles. The Morgan fingerprint density at radius 2 is 2.13 bits per heavy atom. The molecule has 0 aliphatic rings. The van der Waals surface area contributed by atoms with Crippen molar-refractivity contribution in [3.8, 4) is 11.6 Å². The monoisotopic (exact) mass is 203 g/mol. The molecule has 3 N–H and O–H groups in total. The zero-order valence-corrected chi connectivity index (χ0v) is 7.81. The van der Waals surface area contributed by atoms with Crippen LogP contribution in [0.15, 0.2) is 41.5 Å². The van der Waals surface area contributed by atoms with Crippen LogP contribution in [0.3, 0.4) is 0 Å². The van der Waals surface area contributed by atoms with Crippen LogP contribution in [-0.4, -0.2) is 9.97 Å². The average Bonchev–Trinajstić information content (AvgIpc) is 2.24. The van der Waals surface area contributed by atoms with Gasteiger partial charge in [-0.25, -0.2) is 4.98 Å². The van der Waals surface area contributed by atoms with Gasteiger partial charge < -0.3 is 15.5 Å². The molecule has 0 bridgehead atoms. The highest BCUT2D eigenvalue weighted by Crippen LogP contribution is 2.23. The third-order valence-electron chi connectivity index (χ3n) is 1.80. The number of aromatic nitrogens is 2. The zero-order chi connectivity index (χ0) is 10.7. The van der Waals surface area contributed by atoms with Gasteiger partial charge in [0.05, 0.1) is 5.69 Å². The molecule has 1 aromatic carbocycles. The molecule has 0 radical (unpaired) electrons. The number of nitrogens with two attached hydrogens (primary N) is 1. The molecule has 0 unspecified atom stereocenters. The third kappa shape index (κ3) is 1.96. The van der Waals surface area contributed by atoms with Gasteiger partial charge in [-0.2, -0.15) is 0 Å². The van der Waals surface area contributed by atoms with E-state index in [4.69, 9.17) is 10.5 Å². The van der Waals surface area contributed by atoms with E-state index in [1.165, 1.54) is 12.4 Å². The number of para-hydroxylation sites is 2. The number of nitrogens with one attached hydrogen (secondary N) is 1. The third-order valence-corrected chi connectivity index (χ3v) is 1.80. The molecule has 2 rings (SSSR count). The molecular weight excluding hydrogens is 194 g/mol. The fraction of sp³-hybridized carbons (Fsp3) is 0. The van der Waals surface area contributed by atoms with Crippen LogP contribution in [0.25, 0.3) is 0 Å². The van der Waals surface area contributed by atoms with Gasteiger partial charge in [-0.1, -0.05) is 12.1 Å². The van der Waals surface area contributed by atoms with E-state index >= 15 is 0 Å². The normalized spacial score (nSPS) is 9.87. The van der Waals surface area contributed by atoms with Crippen LogP contribution in [0.1, 0.15) is 0 Å². The lowest BCUT2D eigenvalue weighted by molar-refractivity contribution is 0.456. The van der Waals surface area contributed by atoms with Crippen LogP contribution in [0, 0.1) is 0 Å². The van der Waals surface area contributed by atoms with E-state index in [-0.39, 0.29) is 11.4 Å². The van der Waals surface area contributed by atoms with E-state index in [0.29, 0.717) is 11.4 Å². The lowest BCUT2D eigenvalue weighted by atomic mass is 10.3. The predicted molar refractivity (Wildman–Crippen MR) is 55.8 cm³/mol. The van der Waals surface area contributed by atoms with Gasteiger partial charge in [-0.15, -0.1) is 0 Å². The first-order chi connectivity index (χ1) is 7.27. The van der Waals surface area contributed by atoms with Crippen LogP contribution in [0.5, 0.6) is 11.6 Å². The number of nitrogen functional groups attached to an aromatic ring is 1. The molecule has 0 saturated heterocycles. The quantitative estimate of drug-likeness (QED) is 0.717. The number of H-pyrrole nitrogens is 1. The molecule has 0 atom stereocenters. The van der Waals surface area contributed by atoms with Gasteiger partial charge in [-0.05, 0) is 12.1 Å². The van der Waals surface area contributed by atoms with Crippen molar-refractivity contribution in [1.82, 2.24) is 9.97 Å². The van der Waals surface area contributed by atoms with Gasteiger partial charge in [-0.3, -0.25) is 4.79 Å². The highest BCUT2D eigenvalue weighted by atomic mass is 16.5. The lowest BCUT2D eigenvalue weighted by Crippen LogP contribution is -2.09. The second kappa shape index (κ2) is 3.83. The molecule has 1 aromatic heterocycles. The lowest BCUT2D eigenvalue weighted by Gasteiger charge is -2.05. The van der Waals surface area contributed by atoms with Gasteiger partial charge in [0, 0.05) is 12.4 Å². The van der Waals surface area contributed by atoms with E-state index in [9.17, 15) is 4.79 Å². The van der Waals surface area contributed by atoms with Gasteiger partial charge in [0.2, 0.25) is 0 Å². The maximum atomic E-state index is 11.3. The largest absolute Gasteiger partial charge is 0.432 e. The van der Waals surface area contributed by atoms with Gasteiger partial charge in [0.15, 0.2) is 5.75 Å². The summed E-state index contributed by atoms with van der Waals surface area (Å²) in [5.41, 5.74) is 5.73. The smallest absolute Gasteiger partial charge is 0.311 e. The first-order valence-electron chi connectivity index (χ1n) is 4.33. The highest BCUT2D eigenvalue weighted by Gasteiger charge is 2.04. The summed E-state index contributed by atoms with van der Waals surface area (Å²) >= 11 is 0. The molecule has 5 heteroatoms. The van der Waals surface area contributed by atoms with Crippen molar-refractivity contribution in [2.45, 2.75) is 0 Å². The molecule has 0 saturated carbocycles. The minimum Gasteiger partial charge on any atom is -0.432 e. The molecule has 15 heavy (non-hydrogen) atoms. The van der Waals surface area contributed by atoms with E-state index < -0.39 is 0 Å². The van der Waals surface area contributed by atoms with Crippen molar-refractivity contribution in [3.05, 3.63) is 47.0 Å². The Morgan fingerprint density at radius 3 is 2.87 bits per heavy atom. The van der Waals surface area contributed by atoms with Crippen molar-refractivity contribution in [2.75, 3.05) is 5.73 Å². The molecular formula is C10H9N3O2. The van der Waals surface area contributed by atoms with Crippen LogP contribution in [0.4, 0.5) is 5.69 Å². The van der Waals surface area contributed by atoms with E-state index in [0.717, 1.165) is 0 Å². The Balaban J connectivity index is 2.34. The highest BCUT2D eigenvalue weighted by molar-refractivity contribution is 5.52. The minimum absolute atomic E-state index is 0.0181. The van der Waals surface area contributed by atoms with E-state index in [1.807, 2.05) is 0 Å². The van der Waals surface area contributed by atoms with Crippen molar-refractivity contribution < 1.29 is 4.74 Å². The molecule has 0 spiro atoms. The maximum absolute atomic E-state index is 11.3. The molecule has 76 valence electrons. The average molecular weight is 203 g/mol. The van der Waals surface area contributed by atoms with Crippen LogP contribution < -0.4 is 16.0 Å². The molecule has 2 aromatic rings. The number of hydrogen-bond donors (Lipinski definition) is 2. The number of anilines is 1. The summed E-state index contributed by atoms with van der Waals surface area (Å²) in [6.45, 7) is 0. The molecule has 0 amide bonds. The van der Waals surface area contributed by atoms with Gasteiger partial charge in [0.25, 0.3) is 5.88 Å². The fourth-order valence-electron chi connectivity index (χ4n) is 1.09. The van der Waals surface area contributed by atoms with Gasteiger partial charge >= 0.3 is 5.56 Å². The SMILES string of the molecule is Nc1ccccc1Oc1ncc[nH]c1=O. The first kappa shape index (κ1) is 9.26. The van der Waals surface area contributed by atoms with Crippen LogP contribution in [-0.2, 0) is 0 Å². The summed E-state index contributed by atoms with van der Waals surface area (Å²) in [6.07, 6.45) is 2.87. The zero-order valence-electron chi connectivity index (χ0n) is 7.81. The Morgan fingerprint density at radius 1 is 1.33 bits per heavy atom. The topological polar surface area (TPSA) is 81.0 Å². The molecule has 1 heterocycles. The predicted octanol–water partition coefficient (Wildman–Crippen LogP) is 1.14. The van der Waals surface area contributed by atoms with Crippen molar-refractivity contribution in [3.63, 3.8) is 0 Å².